The SMILES string of the molecule is CCc1c(NC)ncnc1N(CC)CC(=O)NC(C)C. The highest BCUT2D eigenvalue weighted by Crippen LogP contribution is 2.23. The van der Waals surface area contributed by atoms with Crippen molar-refractivity contribution in [2.45, 2.75) is 40.2 Å². The van der Waals surface area contributed by atoms with Crippen LogP contribution in [0.4, 0.5) is 11.6 Å². The van der Waals surface area contributed by atoms with E-state index in [4.69, 9.17) is 0 Å². The molecule has 0 radical (unpaired) electrons. The van der Waals surface area contributed by atoms with Crippen LogP contribution in [0.1, 0.15) is 33.3 Å². The summed E-state index contributed by atoms with van der Waals surface area (Å²) in [6.45, 7) is 9.01. The first-order valence-electron chi connectivity index (χ1n) is 7.09. The summed E-state index contributed by atoms with van der Waals surface area (Å²) in [6.07, 6.45) is 2.35. The topological polar surface area (TPSA) is 70.2 Å². The summed E-state index contributed by atoms with van der Waals surface area (Å²) in [5, 5.41) is 5.98. The molecule has 0 aliphatic rings. The molecule has 0 saturated heterocycles. The van der Waals surface area contributed by atoms with E-state index in [-0.39, 0.29) is 11.9 Å². The van der Waals surface area contributed by atoms with Gasteiger partial charge in [-0.05, 0) is 27.2 Å². The lowest BCUT2D eigenvalue weighted by molar-refractivity contribution is -0.120. The molecule has 0 aliphatic carbocycles. The summed E-state index contributed by atoms with van der Waals surface area (Å²) in [4.78, 5) is 22.5. The maximum Gasteiger partial charge on any atom is 0.239 e. The van der Waals surface area contributed by atoms with Crippen LogP contribution in [0.15, 0.2) is 6.33 Å². The van der Waals surface area contributed by atoms with Crippen LogP contribution in [-0.4, -0.2) is 42.1 Å². The number of anilines is 2. The lowest BCUT2D eigenvalue weighted by Gasteiger charge is -2.24. The van der Waals surface area contributed by atoms with Crippen molar-refractivity contribution >= 4 is 17.5 Å². The molecule has 0 unspecified atom stereocenters. The summed E-state index contributed by atoms with van der Waals surface area (Å²) in [7, 11) is 1.84. The van der Waals surface area contributed by atoms with Crippen molar-refractivity contribution < 1.29 is 4.79 Å². The highest BCUT2D eigenvalue weighted by molar-refractivity contribution is 5.81. The molecule has 1 rings (SSSR count). The van der Waals surface area contributed by atoms with Crippen LogP contribution in [0.3, 0.4) is 0 Å². The van der Waals surface area contributed by atoms with Gasteiger partial charge in [-0.1, -0.05) is 6.92 Å². The van der Waals surface area contributed by atoms with Gasteiger partial charge < -0.3 is 15.5 Å². The zero-order valence-electron chi connectivity index (χ0n) is 13.0. The number of rotatable bonds is 7. The van der Waals surface area contributed by atoms with Gasteiger partial charge in [0.05, 0.1) is 6.54 Å². The van der Waals surface area contributed by atoms with Gasteiger partial charge in [0.1, 0.15) is 18.0 Å². The van der Waals surface area contributed by atoms with Gasteiger partial charge in [0.25, 0.3) is 0 Å². The first kappa shape index (κ1) is 16.2. The molecule has 0 aromatic carbocycles. The molecule has 112 valence electrons. The smallest absolute Gasteiger partial charge is 0.239 e. The minimum absolute atomic E-state index is 0.00789. The molecule has 2 N–H and O–H groups in total. The van der Waals surface area contributed by atoms with Crippen molar-refractivity contribution in [2.75, 3.05) is 30.4 Å². The number of hydrogen-bond donors (Lipinski definition) is 2. The van der Waals surface area contributed by atoms with E-state index in [0.29, 0.717) is 6.54 Å². The molecule has 0 saturated carbocycles. The average molecular weight is 279 g/mol. The summed E-state index contributed by atoms with van der Waals surface area (Å²) >= 11 is 0. The van der Waals surface area contributed by atoms with Crippen LogP contribution < -0.4 is 15.5 Å². The molecular weight excluding hydrogens is 254 g/mol. The fourth-order valence-electron chi connectivity index (χ4n) is 2.09. The van der Waals surface area contributed by atoms with Crippen LogP contribution in [-0.2, 0) is 11.2 Å². The van der Waals surface area contributed by atoms with E-state index in [9.17, 15) is 4.79 Å². The van der Waals surface area contributed by atoms with Gasteiger partial charge in [-0.2, -0.15) is 0 Å². The quantitative estimate of drug-likeness (QED) is 0.790. The Morgan fingerprint density at radius 2 is 2.05 bits per heavy atom. The number of nitrogens with zero attached hydrogens (tertiary/aromatic N) is 3. The second-order valence-corrected chi connectivity index (χ2v) is 4.86. The van der Waals surface area contributed by atoms with Crippen molar-refractivity contribution in [3.63, 3.8) is 0 Å². The third-order valence-electron chi connectivity index (χ3n) is 2.98. The third-order valence-corrected chi connectivity index (χ3v) is 2.98. The Hall–Kier alpha value is -1.85. The normalized spacial score (nSPS) is 10.5. The Kier molecular flexibility index (Phi) is 6.21. The first-order valence-corrected chi connectivity index (χ1v) is 7.09. The lowest BCUT2D eigenvalue weighted by Crippen LogP contribution is -2.40. The molecule has 0 aliphatic heterocycles. The fourth-order valence-corrected chi connectivity index (χ4v) is 2.09. The second kappa shape index (κ2) is 7.67. The molecule has 0 bridgehead atoms. The van der Waals surface area contributed by atoms with Gasteiger partial charge in [0.15, 0.2) is 0 Å². The molecule has 20 heavy (non-hydrogen) atoms. The van der Waals surface area contributed by atoms with E-state index in [1.54, 1.807) is 0 Å². The monoisotopic (exact) mass is 279 g/mol. The second-order valence-electron chi connectivity index (χ2n) is 4.86. The minimum Gasteiger partial charge on any atom is -0.373 e. The number of likely N-dealkylation sites (N-methyl/N-ethyl adjacent to an activating group) is 1. The Bertz CT molecular complexity index is 447. The van der Waals surface area contributed by atoms with Crippen molar-refractivity contribution in [3.8, 4) is 0 Å². The van der Waals surface area contributed by atoms with Crippen LogP contribution >= 0.6 is 0 Å². The van der Waals surface area contributed by atoms with E-state index in [0.717, 1.165) is 30.2 Å². The van der Waals surface area contributed by atoms with Crippen LogP contribution in [0.25, 0.3) is 0 Å². The van der Waals surface area contributed by atoms with E-state index in [1.807, 2.05) is 32.7 Å². The van der Waals surface area contributed by atoms with Crippen LogP contribution in [0, 0.1) is 0 Å². The predicted octanol–water partition coefficient (Wildman–Crippen LogP) is 1.43. The Labute approximate surface area is 121 Å². The number of nitrogens with one attached hydrogen (secondary N) is 2. The number of carbonyl (C=O) groups excluding carboxylic acids is 1. The van der Waals surface area contributed by atoms with Crippen molar-refractivity contribution in [1.82, 2.24) is 15.3 Å². The fraction of sp³-hybridized carbons (Fsp3) is 0.643. The molecule has 6 heteroatoms. The molecule has 1 aromatic rings. The Morgan fingerprint density at radius 1 is 1.35 bits per heavy atom. The standard InChI is InChI=1S/C14H25N5O/c1-6-11-13(15-5)16-9-17-14(11)19(7-2)8-12(20)18-10(3)4/h9-10H,6-8H2,1-5H3,(H,18,20)(H,15,16,17). The number of aromatic nitrogens is 2. The van der Waals surface area contributed by atoms with E-state index < -0.39 is 0 Å². The lowest BCUT2D eigenvalue weighted by atomic mass is 10.2. The molecule has 1 heterocycles. The summed E-state index contributed by atoms with van der Waals surface area (Å²) < 4.78 is 0. The zero-order valence-corrected chi connectivity index (χ0v) is 13.0. The summed E-state index contributed by atoms with van der Waals surface area (Å²) in [6, 6.07) is 0.144. The van der Waals surface area contributed by atoms with Crippen LogP contribution in [0.5, 0.6) is 0 Å². The van der Waals surface area contributed by atoms with Gasteiger partial charge in [-0.3, -0.25) is 4.79 Å². The molecule has 1 aromatic heterocycles. The van der Waals surface area contributed by atoms with Gasteiger partial charge >= 0.3 is 0 Å². The van der Waals surface area contributed by atoms with Crippen molar-refractivity contribution in [1.29, 1.82) is 0 Å². The maximum absolute atomic E-state index is 11.9. The first-order chi connectivity index (χ1) is 9.53. The molecule has 0 fully saturated rings. The maximum atomic E-state index is 11.9. The predicted molar refractivity (Wildman–Crippen MR) is 82.1 cm³/mol. The van der Waals surface area contributed by atoms with E-state index in [2.05, 4.69) is 27.5 Å². The molecular formula is C14H25N5O. The number of hydrogen-bond acceptors (Lipinski definition) is 5. The molecule has 1 amide bonds. The van der Waals surface area contributed by atoms with Gasteiger partial charge in [-0.25, -0.2) is 9.97 Å². The zero-order chi connectivity index (χ0) is 15.1. The van der Waals surface area contributed by atoms with E-state index >= 15 is 0 Å². The summed E-state index contributed by atoms with van der Waals surface area (Å²) in [5.74, 6) is 1.65. The largest absolute Gasteiger partial charge is 0.373 e. The van der Waals surface area contributed by atoms with Gasteiger partial charge in [0, 0.05) is 25.2 Å². The van der Waals surface area contributed by atoms with Gasteiger partial charge in [-0.15, -0.1) is 0 Å². The molecule has 0 atom stereocenters. The van der Waals surface area contributed by atoms with Gasteiger partial charge in [0.2, 0.25) is 5.91 Å². The highest BCUT2D eigenvalue weighted by Gasteiger charge is 2.17. The average Bonchev–Trinajstić information content (AvgIpc) is 2.42. The number of amides is 1. The van der Waals surface area contributed by atoms with Crippen LogP contribution in [0.2, 0.25) is 0 Å². The number of carbonyl (C=O) groups is 1. The van der Waals surface area contributed by atoms with E-state index in [1.165, 1.54) is 6.33 Å². The third kappa shape index (κ3) is 4.08. The van der Waals surface area contributed by atoms with Crippen molar-refractivity contribution in [3.05, 3.63) is 11.9 Å². The molecule has 0 spiro atoms. The Morgan fingerprint density at radius 3 is 2.55 bits per heavy atom. The highest BCUT2D eigenvalue weighted by atomic mass is 16.2. The molecule has 6 nitrogen and oxygen atoms in total. The minimum atomic E-state index is 0.00789. The van der Waals surface area contributed by atoms with Crippen molar-refractivity contribution in [2.24, 2.45) is 0 Å². The summed E-state index contributed by atoms with van der Waals surface area (Å²) in [5.41, 5.74) is 1.04. The Balaban J connectivity index is 2.97.